The van der Waals surface area contributed by atoms with E-state index in [-0.39, 0.29) is 0 Å². The maximum Gasteiger partial charge on any atom is 0.106 e. The van der Waals surface area contributed by atoms with Crippen LogP contribution in [-0.2, 0) is 13.1 Å². The van der Waals surface area contributed by atoms with Crippen LogP contribution < -0.4 is 5.32 Å². The Morgan fingerprint density at radius 2 is 2.00 bits per heavy atom. The first-order valence-corrected chi connectivity index (χ1v) is 6.89. The van der Waals surface area contributed by atoms with Crippen molar-refractivity contribution in [1.29, 1.82) is 0 Å². The van der Waals surface area contributed by atoms with Gasteiger partial charge in [-0.05, 0) is 38.4 Å². The molecule has 2 aromatic rings. The Morgan fingerprint density at radius 3 is 2.74 bits per heavy atom. The number of nitrogens with one attached hydrogen (secondary N) is 1. The summed E-state index contributed by atoms with van der Waals surface area (Å²) in [4.78, 5) is 4.44. The second kappa shape index (κ2) is 6.02. The maximum atomic E-state index is 4.44. The summed E-state index contributed by atoms with van der Waals surface area (Å²) in [5, 5.41) is 3.37. The minimum Gasteiger partial charge on any atom is -0.327 e. The van der Waals surface area contributed by atoms with Crippen molar-refractivity contribution >= 4 is 0 Å². The fourth-order valence-electron chi connectivity index (χ4n) is 2.27. The molecule has 0 spiro atoms. The van der Waals surface area contributed by atoms with Crippen LogP contribution in [0.1, 0.15) is 35.1 Å². The smallest absolute Gasteiger partial charge is 0.106 e. The van der Waals surface area contributed by atoms with Crippen LogP contribution in [0.3, 0.4) is 0 Å². The van der Waals surface area contributed by atoms with E-state index in [1.807, 2.05) is 6.20 Å². The summed E-state index contributed by atoms with van der Waals surface area (Å²) in [6.07, 6.45) is 1.98. The van der Waals surface area contributed by atoms with Crippen LogP contribution in [0, 0.1) is 20.8 Å². The molecule has 3 heteroatoms. The van der Waals surface area contributed by atoms with Gasteiger partial charge < -0.3 is 9.88 Å². The third-order valence-corrected chi connectivity index (χ3v) is 3.53. The Morgan fingerprint density at radius 1 is 1.21 bits per heavy atom. The molecule has 0 saturated heterocycles. The molecule has 1 heterocycles. The number of nitrogens with zero attached hydrogens (tertiary/aromatic N) is 2. The molecule has 0 aliphatic heterocycles. The zero-order valence-electron chi connectivity index (χ0n) is 12.3. The maximum absolute atomic E-state index is 4.44. The predicted octanol–water partition coefficient (Wildman–Crippen LogP) is 2.97. The third-order valence-electron chi connectivity index (χ3n) is 3.53. The molecule has 19 heavy (non-hydrogen) atoms. The topological polar surface area (TPSA) is 29.9 Å². The number of benzene rings is 1. The molecular formula is C16H23N3. The molecule has 3 nitrogen and oxygen atoms in total. The van der Waals surface area contributed by atoms with Gasteiger partial charge in [0, 0.05) is 19.3 Å². The van der Waals surface area contributed by atoms with E-state index < -0.39 is 0 Å². The van der Waals surface area contributed by atoms with Crippen LogP contribution >= 0.6 is 0 Å². The molecule has 1 aromatic heterocycles. The highest BCUT2D eigenvalue weighted by atomic mass is 15.1. The summed E-state index contributed by atoms with van der Waals surface area (Å²) in [6, 6.07) is 6.63. The zero-order chi connectivity index (χ0) is 13.8. The lowest BCUT2D eigenvalue weighted by Gasteiger charge is -2.13. The van der Waals surface area contributed by atoms with Crippen LogP contribution in [0.4, 0.5) is 0 Å². The molecule has 0 atom stereocenters. The molecular weight excluding hydrogens is 234 g/mol. The van der Waals surface area contributed by atoms with Gasteiger partial charge in [-0.3, -0.25) is 0 Å². The molecule has 1 N–H and O–H groups in total. The molecule has 1 aromatic carbocycles. The quantitative estimate of drug-likeness (QED) is 0.892. The monoisotopic (exact) mass is 257 g/mol. The summed E-state index contributed by atoms with van der Waals surface area (Å²) in [5.41, 5.74) is 5.28. The molecule has 2 rings (SSSR count). The Kier molecular flexibility index (Phi) is 4.38. The summed E-state index contributed by atoms with van der Waals surface area (Å²) < 4.78 is 2.30. The van der Waals surface area contributed by atoms with Gasteiger partial charge in [-0.1, -0.05) is 30.7 Å². The first-order chi connectivity index (χ1) is 9.11. The minimum absolute atomic E-state index is 0.877. The lowest BCUT2D eigenvalue weighted by molar-refractivity contribution is 0.645. The molecule has 0 bridgehead atoms. The van der Waals surface area contributed by atoms with Gasteiger partial charge in [0.2, 0.25) is 0 Å². The third kappa shape index (κ3) is 3.24. The number of aromatic nitrogens is 2. The molecule has 0 aliphatic rings. The van der Waals surface area contributed by atoms with Gasteiger partial charge in [-0.2, -0.15) is 0 Å². The van der Waals surface area contributed by atoms with Gasteiger partial charge >= 0.3 is 0 Å². The SMILES string of the molecule is CCNCc1cnc(C)n1Cc1cc(C)ccc1C. The molecule has 0 fully saturated rings. The van der Waals surface area contributed by atoms with Crippen molar-refractivity contribution in [2.45, 2.75) is 40.8 Å². The van der Waals surface area contributed by atoms with Crippen LogP contribution in [-0.4, -0.2) is 16.1 Å². The average molecular weight is 257 g/mol. The van der Waals surface area contributed by atoms with Gasteiger partial charge in [-0.15, -0.1) is 0 Å². The van der Waals surface area contributed by atoms with E-state index in [4.69, 9.17) is 0 Å². The number of rotatable bonds is 5. The van der Waals surface area contributed by atoms with E-state index in [9.17, 15) is 0 Å². The molecule has 0 unspecified atom stereocenters. The van der Waals surface area contributed by atoms with Crippen LogP contribution in [0.15, 0.2) is 24.4 Å². The first-order valence-electron chi connectivity index (χ1n) is 6.89. The van der Waals surface area contributed by atoms with E-state index in [0.717, 1.165) is 25.5 Å². The molecule has 102 valence electrons. The van der Waals surface area contributed by atoms with Gasteiger partial charge in [0.05, 0.1) is 5.69 Å². The van der Waals surface area contributed by atoms with Crippen molar-refractivity contribution in [3.63, 3.8) is 0 Å². The minimum atomic E-state index is 0.877. The van der Waals surface area contributed by atoms with Crippen molar-refractivity contribution in [1.82, 2.24) is 14.9 Å². The molecule has 0 radical (unpaired) electrons. The van der Waals surface area contributed by atoms with Crippen molar-refractivity contribution in [3.05, 3.63) is 52.6 Å². The summed E-state index contributed by atoms with van der Waals surface area (Å²) >= 11 is 0. The molecule has 0 saturated carbocycles. The normalized spacial score (nSPS) is 10.9. The molecule has 0 amide bonds. The lowest BCUT2D eigenvalue weighted by Crippen LogP contribution is -2.16. The predicted molar refractivity (Wildman–Crippen MR) is 79.4 cm³/mol. The zero-order valence-corrected chi connectivity index (χ0v) is 12.3. The highest BCUT2D eigenvalue weighted by molar-refractivity contribution is 5.31. The highest BCUT2D eigenvalue weighted by Gasteiger charge is 2.08. The second-order valence-corrected chi connectivity index (χ2v) is 5.09. The number of hydrogen-bond donors (Lipinski definition) is 1. The van der Waals surface area contributed by atoms with E-state index in [1.54, 1.807) is 0 Å². The van der Waals surface area contributed by atoms with Gasteiger partial charge in [0.1, 0.15) is 5.82 Å². The van der Waals surface area contributed by atoms with Crippen LogP contribution in [0.2, 0.25) is 0 Å². The average Bonchev–Trinajstić information content (AvgIpc) is 2.73. The fraction of sp³-hybridized carbons (Fsp3) is 0.438. The van der Waals surface area contributed by atoms with Crippen LogP contribution in [0.25, 0.3) is 0 Å². The first kappa shape index (κ1) is 13.8. The standard InChI is InChI=1S/C16H23N3/c1-5-17-9-16-10-18-14(4)19(16)11-15-8-12(2)6-7-13(15)3/h6-8,10,17H,5,9,11H2,1-4H3. The Hall–Kier alpha value is -1.61. The number of hydrogen-bond acceptors (Lipinski definition) is 2. The van der Waals surface area contributed by atoms with E-state index in [2.05, 4.69) is 60.8 Å². The van der Waals surface area contributed by atoms with E-state index in [1.165, 1.54) is 22.4 Å². The fourth-order valence-corrected chi connectivity index (χ4v) is 2.27. The lowest BCUT2D eigenvalue weighted by atomic mass is 10.1. The van der Waals surface area contributed by atoms with Crippen molar-refractivity contribution in [3.8, 4) is 0 Å². The van der Waals surface area contributed by atoms with Crippen molar-refractivity contribution in [2.24, 2.45) is 0 Å². The van der Waals surface area contributed by atoms with Crippen molar-refractivity contribution < 1.29 is 0 Å². The molecule has 0 aliphatic carbocycles. The van der Waals surface area contributed by atoms with Crippen molar-refractivity contribution in [2.75, 3.05) is 6.54 Å². The summed E-state index contributed by atoms with van der Waals surface area (Å²) in [7, 11) is 0. The number of imidazole rings is 1. The Balaban J connectivity index is 2.27. The number of aryl methyl sites for hydroxylation is 3. The Labute approximate surface area is 115 Å². The highest BCUT2D eigenvalue weighted by Crippen LogP contribution is 2.15. The van der Waals surface area contributed by atoms with E-state index in [0.29, 0.717) is 0 Å². The van der Waals surface area contributed by atoms with Gasteiger partial charge in [0.15, 0.2) is 0 Å². The summed E-state index contributed by atoms with van der Waals surface area (Å²) in [5.74, 6) is 1.08. The summed E-state index contributed by atoms with van der Waals surface area (Å²) in [6.45, 7) is 11.3. The largest absolute Gasteiger partial charge is 0.327 e. The van der Waals surface area contributed by atoms with Crippen LogP contribution in [0.5, 0.6) is 0 Å². The van der Waals surface area contributed by atoms with Gasteiger partial charge in [-0.25, -0.2) is 4.98 Å². The van der Waals surface area contributed by atoms with Gasteiger partial charge in [0.25, 0.3) is 0 Å². The second-order valence-electron chi connectivity index (χ2n) is 5.09. The van der Waals surface area contributed by atoms with E-state index >= 15 is 0 Å². The Bertz CT molecular complexity index is 555.